The van der Waals surface area contributed by atoms with E-state index in [4.69, 9.17) is 14.2 Å². The van der Waals surface area contributed by atoms with Gasteiger partial charge in [-0.3, -0.25) is 19.2 Å². The predicted molar refractivity (Wildman–Crippen MR) is 110 cm³/mol. The molecule has 1 aromatic rings. The molecule has 9 nitrogen and oxygen atoms in total. The minimum atomic E-state index is -1.44. The monoisotopic (exact) mass is 426 g/mol. The zero-order chi connectivity index (χ0) is 22.9. The van der Waals surface area contributed by atoms with E-state index in [-0.39, 0.29) is 28.2 Å². The van der Waals surface area contributed by atoms with Crippen LogP contribution in [0.25, 0.3) is 5.57 Å². The van der Waals surface area contributed by atoms with Gasteiger partial charge in [0.2, 0.25) is 5.91 Å². The summed E-state index contributed by atoms with van der Waals surface area (Å²) >= 11 is 0. The maximum Gasteiger partial charge on any atom is 0.259 e. The van der Waals surface area contributed by atoms with Gasteiger partial charge in [0.05, 0.1) is 26.9 Å². The summed E-state index contributed by atoms with van der Waals surface area (Å²) in [7, 11) is 4.23. The molecule has 162 valence electrons. The summed E-state index contributed by atoms with van der Waals surface area (Å²) in [6.45, 7) is 3.13. The predicted octanol–water partition coefficient (Wildman–Crippen LogP) is 1.29. The van der Waals surface area contributed by atoms with Gasteiger partial charge in [0.15, 0.2) is 23.1 Å². The van der Waals surface area contributed by atoms with Crippen LogP contribution in [0, 0.1) is 5.92 Å². The van der Waals surface area contributed by atoms with Crippen molar-refractivity contribution in [1.29, 1.82) is 0 Å². The standard InChI is InChI=1S/C22H22N2O7/c1-10-6-13(25)19(21(27)23-10)18(20-14(26)7-11(2)24-22(20)28)12-8-16(30-4)17(31-5)9-15(12)29-3/h6-9,19H,1-5H3,(H,23,27)(H,24,28)/b20-18+. The fourth-order valence-corrected chi connectivity index (χ4v) is 3.59. The smallest absolute Gasteiger partial charge is 0.259 e. The number of benzene rings is 1. The van der Waals surface area contributed by atoms with E-state index in [0.29, 0.717) is 17.1 Å². The average Bonchev–Trinajstić information content (AvgIpc) is 2.70. The molecule has 0 aromatic heterocycles. The first-order chi connectivity index (χ1) is 14.7. The van der Waals surface area contributed by atoms with Crippen LogP contribution < -0.4 is 24.8 Å². The lowest BCUT2D eigenvalue weighted by atomic mass is 9.80. The van der Waals surface area contributed by atoms with E-state index in [9.17, 15) is 19.2 Å². The maximum atomic E-state index is 12.9. The highest BCUT2D eigenvalue weighted by atomic mass is 16.5. The van der Waals surface area contributed by atoms with Gasteiger partial charge >= 0.3 is 0 Å². The first kappa shape index (κ1) is 21.8. The number of hydrogen-bond acceptors (Lipinski definition) is 7. The van der Waals surface area contributed by atoms with Gasteiger partial charge in [-0.1, -0.05) is 0 Å². The molecule has 1 unspecified atom stereocenters. The Labute approximate surface area is 178 Å². The van der Waals surface area contributed by atoms with Crippen molar-refractivity contribution in [2.75, 3.05) is 21.3 Å². The Morgan fingerprint density at radius 1 is 0.806 bits per heavy atom. The zero-order valence-corrected chi connectivity index (χ0v) is 17.7. The fourth-order valence-electron chi connectivity index (χ4n) is 3.59. The Morgan fingerprint density at radius 2 is 1.39 bits per heavy atom. The Bertz CT molecular complexity index is 1100. The van der Waals surface area contributed by atoms with E-state index in [2.05, 4.69) is 10.6 Å². The molecule has 1 aromatic carbocycles. The molecule has 2 N–H and O–H groups in total. The van der Waals surface area contributed by atoms with Crippen molar-refractivity contribution in [2.24, 2.45) is 5.92 Å². The van der Waals surface area contributed by atoms with Crippen LogP contribution in [0.2, 0.25) is 0 Å². The second-order valence-electron chi connectivity index (χ2n) is 6.99. The average molecular weight is 426 g/mol. The largest absolute Gasteiger partial charge is 0.496 e. The summed E-state index contributed by atoms with van der Waals surface area (Å²) in [6, 6.07) is 2.96. The van der Waals surface area contributed by atoms with Gasteiger partial charge in [0, 0.05) is 40.7 Å². The molecule has 3 rings (SSSR count). The van der Waals surface area contributed by atoms with Gasteiger partial charge < -0.3 is 24.8 Å². The highest BCUT2D eigenvalue weighted by Gasteiger charge is 2.40. The Kier molecular flexibility index (Phi) is 5.96. The number of ketones is 2. The van der Waals surface area contributed by atoms with Gasteiger partial charge in [0.1, 0.15) is 11.7 Å². The number of carbonyl (C=O) groups excluding carboxylic acids is 4. The Morgan fingerprint density at radius 3 is 1.94 bits per heavy atom. The van der Waals surface area contributed by atoms with E-state index in [1.807, 2.05) is 0 Å². The molecule has 0 radical (unpaired) electrons. The molecule has 0 bridgehead atoms. The minimum Gasteiger partial charge on any atom is -0.496 e. The first-order valence-electron chi connectivity index (χ1n) is 9.33. The summed E-state index contributed by atoms with van der Waals surface area (Å²) in [5, 5.41) is 5.15. The van der Waals surface area contributed by atoms with Crippen LogP contribution in [0.3, 0.4) is 0 Å². The quantitative estimate of drug-likeness (QED) is 0.414. The fraction of sp³-hybridized carbons (Fsp3) is 0.273. The second-order valence-corrected chi connectivity index (χ2v) is 6.99. The Balaban J connectivity index is 2.40. The molecule has 2 aliphatic rings. The van der Waals surface area contributed by atoms with Crippen molar-refractivity contribution in [1.82, 2.24) is 10.6 Å². The lowest BCUT2D eigenvalue weighted by molar-refractivity contribution is -0.129. The van der Waals surface area contributed by atoms with Gasteiger partial charge in [-0.2, -0.15) is 0 Å². The number of hydrogen-bond donors (Lipinski definition) is 2. The normalized spacial score (nSPS) is 20.4. The van der Waals surface area contributed by atoms with E-state index >= 15 is 0 Å². The highest BCUT2D eigenvalue weighted by Crippen LogP contribution is 2.42. The van der Waals surface area contributed by atoms with Crippen LogP contribution in [0.4, 0.5) is 0 Å². The number of nitrogens with one attached hydrogen (secondary N) is 2. The molecule has 31 heavy (non-hydrogen) atoms. The SMILES string of the molecule is COc1cc(OC)c(/C(=C2/C(=O)C=C(C)NC2=O)C2C(=O)C=C(C)NC2=O)cc1OC. The number of ether oxygens (including phenoxy) is 3. The summed E-state index contributed by atoms with van der Waals surface area (Å²) in [5.74, 6) is -3.21. The second kappa shape index (κ2) is 8.47. The molecule has 0 fully saturated rings. The van der Waals surface area contributed by atoms with Crippen molar-refractivity contribution in [3.8, 4) is 17.2 Å². The van der Waals surface area contributed by atoms with Crippen LogP contribution >= 0.6 is 0 Å². The van der Waals surface area contributed by atoms with E-state index in [1.54, 1.807) is 13.8 Å². The van der Waals surface area contributed by atoms with Gasteiger partial charge in [-0.25, -0.2) is 0 Å². The van der Waals surface area contributed by atoms with Crippen molar-refractivity contribution in [3.63, 3.8) is 0 Å². The lowest BCUT2D eigenvalue weighted by Crippen LogP contribution is -2.41. The van der Waals surface area contributed by atoms with Crippen molar-refractivity contribution in [3.05, 3.63) is 46.8 Å². The third-order valence-corrected chi connectivity index (χ3v) is 4.91. The molecule has 0 saturated carbocycles. The zero-order valence-electron chi connectivity index (χ0n) is 17.7. The molecule has 0 aliphatic carbocycles. The number of carbonyl (C=O) groups is 4. The summed E-state index contributed by atoms with van der Waals surface area (Å²) in [4.78, 5) is 51.5. The van der Waals surface area contributed by atoms with Crippen molar-refractivity contribution < 1.29 is 33.4 Å². The third kappa shape index (κ3) is 3.94. The molecule has 0 spiro atoms. The van der Waals surface area contributed by atoms with Crippen LogP contribution in [-0.2, 0) is 19.2 Å². The number of allylic oxidation sites excluding steroid dienone is 4. The molecule has 1 atom stereocenters. The van der Waals surface area contributed by atoms with Gasteiger partial charge in [-0.05, 0) is 19.9 Å². The lowest BCUT2D eigenvalue weighted by Gasteiger charge is -2.27. The number of rotatable bonds is 5. The van der Waals surface area contributed by atoms with Crippen LogP contribution in [0.5, 0.6) is 17.2 Å². The topological polar surface area (TPSA) is 120 Å². The minimum absolute atomic E-state index is 0.0738. The van der Waals surface area contributed by atoms with Crippen LogP contribution in [0.1, 0.15) is 19.4 Å². The molecular formula is C22H22N2O7. The molecule has 9 heteroatoms. The third-order valence-electron chi connectivity index (χ3n) is 4.91. The van der Waals surface area contributed by atoms with Crippen LogP contribution in [-0.4, -0.2) is 44.7 Å². The van der Waals surface area contributed by atoms with Gasteiger partial charge in [0.25, 0.3) is 5.91 Å². The van der Waals surface area contributed by atoms with E-state index in [0.717, 1.165) is 0 Å². The summed E-state index contributed by atoms with van der Waals surface area (Å²) in [5.41, 5.74) is 0.513. The van der Waals surface area contributed by atoms with E-state index in [1.165, 1.54) is 45.6 Å². The molecule has 2 heterocycles. The van der Waals surface area contributed by atoms with Gasteiger partial charge in [-0.15, -0.1) is 0 Å². The molecule has 0 saturated heterocycles. The van der Waals surface area contributed by atoms with Crippen LogP contribution in [0.15, 0.2) is 41.3 Å². The first-order valence-corrected chi connectivity index (χ1v) is 9.33. The maximum absolute atomic E-state index is 12.9. The highest BCUT2D eigenvalue weighted by molar-refractivity contribution is 6.33. The number of methoxy groups -OCH3 is 3. The van der Waals surface area contributed by atoms with Crippen molar-refractivity contribution in [2.45, 2.75) is 13.8 Å². The molecule has 2 aliphatic heterocycles. The van der Waals surface area contributed by atoms with Crippen molar-refractivity contribution >= 4 is 29.0 Å². The molecule has 2 amide bonds. The molecular weight excluding hydrogens is 404 g/mol. The summed E-state index contributed by atoms with van der Waals surface area (Å²) in [6.07, 6.45) is 2.49. The summed E-state index contributed by atoms with van der Waals surface area (Å²) < 4.78 is 16.1. The number of amides is 2. The Hall–Kier alpha value is -3.88. The van der Waals surface area contributed by atoms with E-state index < -0.39 is 29.3 Å².